The molecule has 0 heterocycles. The Morgan fingerprint density at radius 1 is 1.43 bits per heavy atom. The predicted molar refractivity (Wildman–Crippen MR) is 47.3 cm³/mol. The first kappa shape index (κ1) is 11.2. The van der Waals surface area contributed by atoms with E-state index in [1.54, 1.807) is 20.8 Å². The fourth-order valence-electron chi connectivity index (χ4n) is 1.06. The molecule has 1 aliphatic rings. The number of nitrogens with one attached hydrogen (secondary N) is 1. The van der Waals surface area contributed by atoms with Crippen LogP contribution in [0.4, 0.5) is 13.6 Å². The molecule has 0 bridgehead atoms. The molecular weight excluding hydrogens is 192 g/mol. The van der Waals surface area contributed by atoms with Crippen molar-refractivity contribution in [3.8, 4) is 0 Å². The van der Waals surface area contributed by atoms with Gasteiger partial charge in [0.05, 0.1) is 0 Å². The maximum atomic E-state index is 12.7. The number of alkyl carbamates (subject to hydrolysis) is 1. The maximum absolute atomic E-state index is 12.7. The van der Waals surface area contributed by atoms with Gasteiger partial charge in [-0.3, -0.25) is 0 Å². The van der Waals surface area contributed by atoms with E-state index >= 15 is 0 Å². The molecule has 0 aromatic heterocycles. The number of carbonyl (C=O) groups is 1. The molecule has 14 heavy (non-hydrogen) atoms. The molecule has 0 aromatic rings. The van der Waals surface area contributed by atoms with Gasteiger partial charge < -0.3 is 10.1 Å². The van der Waals surface area contributed by atoms with E-state index in [0.717, 1.165) is 0 Å². The van der Waals surface area contributed by atoms with Crippen molar-refractivity contribution in [1.82, 2.24) is 5.32 Å². The predicted octanol–water partition coefficient (Wildman–Crippen LogP) is 2.31. The van der Waals surface area contributed by atoms with Crippen molar-refractivity contribution in [2.45, 2.75) is 51.2 Å². The minimum Gasteiger partial charge on any atom is -0.444 e. The molecule has 1 saturated carbocycles. The third-order valence-corrected chi connectivity index (χ3v) is 2.03. The SMILES string of the molecule is CC(C)(C)OC(=O)NC1(C)CC1(F)F. The molecule has 1 rings (SSSR count). The van der Waals surface area contributed by atoms with E-state index in [0.29, 0.717) is 0 Å². The molecule has 0 radical (unpaired) electrons. The molecule has 0 aliphatic heterocycles. The fourth-order valence-corrected chi connectivity index (χ4v) is 1.06. The van der Waals surface area contributed by atoms with Crippen molar-refractivity contribution < 1.29 is 18.3 Å². The van der Waals surface area contributed by atoms with Crippen LogP contribution < -0.4 is 5.32 Å². The third kappa shape index (κ3) is 2.33. The molecule has 1 atom stereocenters. The van der Waals surface area contributed by atoms with E-state index in [9.17, 15) is 13.6 Å². The van der Waals surface area contributed by atoms with Crippen molar-refractivity contribution in [1.29, 1.82) is 0 Å². The normalized spacial score (nSPS) is 29.6. The lowest BCUT2D eigenvalue weighted by Crippen LogP contribution is -2.42. The monoisotopic (exact) mass is 207 g/mol. The minimum atomic E-state index is -2.80. The smallest absolute Gasteiger partial charge is 0.408 e. The van der Waals surface area contributed by atoms with E-state index in [-0.39, 0.29) is 6.42 Å². The highest BCUT2D eigenvalue weighted by atomic mass is 19.3. The summed E-state index contributed by atoms with van der Waals surface area (Å²) in [5.74, 6) is -2.80. The lowest BCUT2D eigenvalue weighted by atomic mass is 10.2. The molecule has 1 fully saturated rings. The number of ether oxygens (including phenoxy) is 1. The van der Waals surface area contributed by atoms with E-state index in [2.05, 4.69) is 5.32 Å². The van der Waals surface area contributed by atoms with E-state index in [1.165, 1.54) is 6.92 Å². The first-order chi connectivity index (χ1) is 6.06. The summed E-state index contributed by atoms with van der Waals surface area (Å²) in [6.07, 6.45) is -1.11. The van der Waals surface area contributed by atoms with Gasteiger partial charge >= 0.3 is 6.09 Å². The van der Waals surface area contributed by atoms with Crippen LogP contribution in [-0.2, 0) is 4.74 Å². The van der Waals surface area contributed by atoms with Crippen molar-refractivity contribution in [2.75, 3.05) is 0 Å². The van der Waals surface area contributed by atoms with Gasteiger partial charge in [0.1, 0.15) is 11.1 Å². The van der Waals surface area contributed by atoms with Gasteiger partial charge in [0.15, 0.2) is 0 Å². The minimum absolute atomic E-state index is 0.320. The Bertz CT molecular complexity index is 260. The van der Waals surface area contributed by atoms with Gasteiger partial charge in [-0.1, -0.05) is 0 Å². The Hall–Kier alpha value is -0.870. The number of amides is 1. The average molecular weight is 207 g/mol. The summed E-state index contributed by atoms with van der Waals surface area (Å²) in [7, 11) is 0. The molecule has 1 N–H and O–H groups in total. The molecular formula is C9H15F2NO2. The average Bonchev–Trinajstić information content (AvgIpc) is 2.22. The van der Waals surface area contributed by atoms with Crippen LogP contribution in [0, 0.1) is 0 Å². The van der Waals surface area contributed by atoms with E-state index in [4.69, 9.17) is 4.74 Å². The number of alkyl halides is 2. The first-order valence-corrected chi connectivity index (χ1v) is 4.45. The number of halogens is 2. The number of carbonyl (C=O) groups excluding carboxylic acids is 1. The topological polar surface area (TPSA) is 38.3 Å². The maximum Gasteiger partial charge on any atom is 0.408 e. The van der Waals surface area contributed by atoms with Crippen LogP contribution in [0.3, 0.4) is 0 Å². The molecule has 3 nitrogen and oxygen atoms in total. The molecule has 82 valence electrons. The van der Waals surface area contributed by atoms with Crippen LogP contribution in [0.1, 0.15) is 34.1 Å². The summed E-state index contributed by atoms with van der Waals surface area (Å²) in [5, 5.41) is 2.17. The highest BCUT2D eigenvalue weighted by Crippen LogP contribution is 2.52. The lowest BCUT2D eigenvalue weighted by Gasteiger charge is -2.21. The van der Waals surface area contributed by atoms with Gasteiger partial charge in [-0.2, -0.15) is 0 Å². The second kappa shape index (κ2) is 2.81. The molecule has 0 spiro atoms. The Morgan fingerprint density at radius 2 is 1.86 bits per heavy atom. The van der Waals surface area contributed by atoms with Gasteiger partial charge in [0, 0.05) is 6.42 Å². The summed E-state index contributed by atoms with van der Waals surface area (Å²) < 4.78 is 30.3. The molecule has 1 aliphatic carbocycles. The standard InChI is InChI=1S/C9H15F2NO2/c1-7(2,3)14-6(13)12-8(4)5-9(8,10)11/h5H2,1-4H3,(H,12,13). The summed E-state index contributed by atoms with van der Waals surface area (Å²) >= 11 is 0. The number of hydrogen-bond acceptors (Lipinski definition) is 2. The summed E-state index contributed by atoms with van der Waals surface area (Å²) in [6, 6.07) is 0. The number of hydrogen-bond donors (Lipinski definition) is 1. The fraction of sp³-hybridized carbons (Fsp3) is 0.889. The lowest BCUT2D eigenvalue weighted by molar-refractivity contribution is 0.0385. The Balaban J connectivity index is 2.44. The highest BCUT2D eigenvalue weighted by molar-refractivity contribution is 5.69. The van der Waals surface area contributed by atoms with E-state index in [1.807, 2.05) is 0 Å². The zero-order valence-corrected chi connectivity index (χ0v) is 8.78. The third-order valence-electron chi connectivity index (χ3n) is 2.03. The van der Waals surface area contributed by atoms with Gasteiger partial charge in [-0.05, 0) is 27.7 Å². The molecule has 1 amide bonds. The summed E-state index contributed by atoms with van der Waals surface area (Å²) in [6.45, 7) is 6.34. The first-order valence-electron chi connectivity index (χ1n) is 4.45. The summed E-state index contributed by atoms with van der Waals surface area (Å²) in [4.78, 5) is 11.1. The number of rotatable bonds is 1. The quantitative estimate of drug-likeness (QED) is 0.716. The van der Waals surface area contributed by atoms with Gasteiger partial charge in [-0.25, -0.2) is 13.6 Å². The van der Waals surface area contributed by atoms with Crippen molar-refractivity contribution in [3.05, 3.63) is 0 Å². The molecule has 0 saturated heterocycles. The van der Waals surface area contributed by atoms with Crippen LogP contribution in [0.15, 0.2) is 0 Å². The molecule has 5 heteroatoms. The second-order valence-electron chi connectivity index (χ2n) is 4.84. The van der Waals surface area contributed by atoms with E-state index < -0.39 is 23.2 Å². The van der Waals surface area contributed by atoms with Crippen molar-refractivity contribution in [3.63, 3.8) is 0 Å². The Morgan fingerprint density at radius 3 is 2.14 bits per heavy atom. The van der Waals surface area contributed by atoms with Crippen LogP contribution in [0.2, 0.25) is 0 Å². The van der Waals surface area contributed by atoms with Gasteiger partial charge in [-0.15, -0.1) is 0 Å². The zero-order valence-electron chi connectivity index (χ0n) is 8.78. The largest absolute Gasteiger partial charge is 0.444 e. The van der Waals surface area contributed by atoms with Crippen LogP contribution in [0.5, 0.6) is 0 Å². The molecule has 0 aromatic carbocycles. The molecule has 1 unspecified atom stereocenters. The van der Waals surface area contributed by atoms with Crippen LogP contribution in [0.25, 0.3) is 0 Å². The van der Waals surface area contributed by atoms with Crippen molar-refractivity contribution >= 4 is 6.09 Å². The van der Waals surface area contributed by atoms with Crippen LogP contribution >= 0.6 is 0 Å². The van der Waals surface area contributed by atoms with Crippen molar-refractivity contribution in [2.24, 2.45) is 0 Å². The Kier molecular flexibility index (Phi) is 2.25. The zero-order chi connectivity index (χ0) is 11.2. The van der Waals surface area contributed by atoms with Gasteiger partial charge in [0.25, 0.3) is 5.92 Å². The Labute approximate surface area is 81.8 Å². The summed E-state index contributed by atoms with van der Waals surface area (Å²) in [5.41, 5.74) is -2.08. The highest BCUT2D eigenvalue weighted by Gasteiger charge is 2.69. The second-order valence-corrected chi connectivity index (χ2v) is 4.84. The van der Waals surface area contributed by atoms with Gasteiger partial charge in [0.2, 0.25) is 0 Å². The van der Waals surface area contributed by atoms with Crippen LogP contribution in [-0.4, -0.2) is 23.2 Å².